The maximum atomic E-state index is 5.99. The number of methoxy groups -OCH3 is 1. The van der Waals surface area contributed by atoms with Crippen LogP contribution in [0.3, 0.4) is 0 Å². The van der Waals surface area contributed by atoms with Crippen LogP contribution in [0.25, 0.3) is 0 Å². The van der Waals surface area contributed by atoms with Gasteiger partial charge in [-0.15, -0.1) is 0 Å². The van der Waals surface area contributed by atoms with E-state index in [0.717, 1.165) is 26.1 Å². The molecular formula is C13H20N2O. The summed E-state index contributed by atoms with van der Waals surface area (Å²) >= 11 is 0. The normalized spacial score (nSPS) is 26.9. The van der Waals surface area contributed by atoms with Crippen LogP contribution in [-0.4, -0.2) is 37.2 Å². The van der Waals surface area contributed by atoms with Gasteiger partial charge in [0.15, 0.2) is 0 Å². The van der Waals surface area contributed by atoms with Gasteiger partial charge in [0.2, 0.25) is 0 Å². The molecule has 0 unspecified atom stereocenters. The third-order valence-corrected chi connectivity index (χ3v) is 3.25. The van der Waals surface area contributed by atoms with E-state index in [1.807, 2.05) is 6.07 Å². The summed E-state index contributed by atoms with van der Waals surface area (Å²) in [6.45, 7) is 3.00. The Balaban J connectivity index is 1.92. The van der Waals surface area contributed by atoms with E-state index >= 15 is 0 Å². The zero-order valence-corrected chi connectivity index (χ0v) is 9.80. The maximum Gasteiger partial charge on any atom is 0.0849 e. The average molecular weight is 220 g/mol. The molecule has 1 aromatic carbocycles. The molecule has 0 radical (unpaired) electrons. The molecule has 1 saturated heterocycles. The summed E-state index contributed by atoms with van der Waals surface area (Å²) in [4.78, 5) is 2.41. The van der Waals surface area contributed by atoms with Crippen molar-refractivity contribution in [2.45, 2.75) is 25.1 Å². The molecule has 0 saturated carbocycles. The van der Waals surface area contributed by atoms with E-state index in [4.69, 9.17) is 10.5 Å². The second-order valence-electron chi connectivity index (χ2n) is 4.45. The van der Waals surface area contributed by atoms with Gasteiger partial charge in [0.05, 0.1) is 6.10 Å². The molecule has 1 aliphatic heterocycles. The number of ether oxygens (including phenoxy) is 1. The summed E-state index contributed by atoms with van der Waals surface area (Å²) in [6, 6.07) is 10.7. The zero-order valence-electron chi connectivity index (χ0n) is 9.80. The van der Waals surface area contributed by atoms with Crippen molar-refractivity contribution in [3.8, 4) is 0 Å². The van der Waals surface area contributed by atoms with Gasteiger partial charge >= 0.3 is 0 Å². The monoisotopic (exact) mass is 220 g/mol. The van der Waals surface area contributed by atoms with Crippen molar-refractivity contribution in [3.05, 3.63) is 35.9 Å². The Bertz CT molecular complexity index is 315. The fourth-order valence-electron chi connectivity index (χ4n) is 2.23. The lowest BCUT2D eigenvalue weighted by atomic mass is 10.0. The second-order valence-corrected chi connectivity index (χ2v) is 4.45. The number of piperidine rings is 1. The van der Waals surface area contributed by atoms with Gasteiger partial charge in [-0.2, -0.15) is 0 Å². The van der Waals surface area contributed by atoms with Crippen LogP contribution in [0.2, 0.25) is 0 Å². The van der Waals surface area contributed by atoms with Crippen LogP contribution in [0, 0.1) is 0 Å². The number of rotatable bonds is 3. The third-order valence-electron chi connectivity index (χ3n) is 3.25. The SMILES string of the molecule is CO[C@H]1CN(Cc2ccccc2)CC[C@@H]1N. The number of likely N-dealkylation sites (tertiary alicyclic amines) is 1. The fourth-order valence-corrected chi connectivity index (χ4v) is 2.23. The van der Waals surface area contributed by atoms with Gasteiger partial charge in [-0.25, -0.2) is 0 Å². The molecule has 1 aliphatic rings. The quantitative estimate of drug-likeness (QED) is 0.833. The predicted molar refractivity (Wildman–Crippen MR) is 65.1 cm³/mol. The van der Waals surface area contributed by atoms with Gasteiger partial charge in [0.25, 0.3) is 0 Å². The summed E-state index contributed by atoms with van der Waals surface area (Å²) < 4.78 is 5.40. The van der Waals surface area contributed by atoms with Crippen molar-refractivity contribution < 1.29 is 4.74 Å². The van der Waals surface area contributed by atoms with E-state index < -0.39 is 0 Å². The van der Waals surface area contributed by atoms with Gasteiger partial charge in [-0.3, -0.25) is 4.90 Å². The van der Waals surface area contributed by atoms with Crippen LogP contribution in [0.4, 0.5) is 0 Å². The van der Waals surface area contributed by atoms with Crippen LogP contribution in [0.1, 0.15) is 12.0 Å². The van der Waals surface area contributed by atoms with E-state index in [1.165, 1.54) is 5.56 Å². The number of nitrogens with two attached hydrogens (primary N) is 1. The smallest absolute Gasteiger partial charge is 0.0849 e. The minimum atomic E-state index is 0.178. The first kappa shape index (κ1) is 11.6. The van der Waals surface area contributed by atoms with Gasteiger partial charge < -0.3 is 10.5 Å². The van der Waals surface area contributed by atoms with E-state index in [0.29, 0.717) is 0 Å². The average Bonchev–Trinajstić information content (AvgIpc) is 2.33. The molecule has 1 aromatic rings. The first-order valence-corrected chi connectivity index (χ1v) is 5.84. The van der Waals surface area contributed by atoms with Gasteiger partial charge in [-0.1, -0.05) is 30.3 Å². The van der Waals surface area contributed by atoms with E-state index in [-0.39, 0.29) is 12.1 Å². The first-order chi connectivity index (χ1) is 7.79. The van der Waals surface area contributed by atoms with Crippen molar-refractivity contribution in [1.29, 1.82) is 0 Å². The Morgan fingerprint density at radius 2 is 2.12 bits per heavy atom. The van der Waals surface area contributed by atoms with Crippen LogP contribution < -0.4 is 5.73 Å². The lowest BCUT2D eigenvalue weighted by Gasteiger charge is -2.35. The van der Waals surface area contributed by atoms with Crippen LogP contribution in [0.15, 0.2) is 30.3 Å². The van der Waals surface area contributed by atoms with Gasteiger partial charge in [0.1, 0.15) is 0 Å². The molecule has 0 bridgehead atoms. The highest BCUT2D eigenvalue weighted by Crippen LogP contribution is 2.14. The molecule has 2 N–H and O–H groups in total. The summed E-state index contributed by atoms with van der Waals surface area (Å²) in [7, 11) is 1.75. The molecular weight excluding hydrogens is 200 g/mol. The van der Waals surface area contributed by atoms with E-state index in [9.17, 15) is 0 Å². The number of hydrogen-bond donors (Lipinski definition) is 1. The largest absolute Gasteiger partial charge is 0.379 e. The summed E-state index contributed by atoms with van der Waals surface area (Å²) in [6.07, 6.45) is 1.20. The highest BCUT2D eigenvalue weighted by atomic mass is 16.5. The molecule has 1 heterocycles. The highest BCUT2D eigenvalue weighted by molar-refractivity contribution is 5.14. The molecule has 0 aromatic heterocycles. The highest BCUT2D eigenvalue weighted by Gasteiger charge is 2.26. The lowest BCUT2D eigenvalue weighted by molar-refractivity contribution is 0.0140. The molecule has 0 aliphatic carbocycles. The molecule has 0 amide bonds. The fraction of sp³-hybridized carbons (Fsp3) is 0.538. The van der Waals surface area contributed by atoms with E-state index in [2.05, 4.69) is 29.2 Å². The number of hydrogen-bond acceptors (Lipinski definition) is 3. The van der Waals surface area contributed by atoms with Gasteiger partial charge in [-0.05, 0) is 12.0 Å². The van der Waals surface area contributed by atoms with Crippen LogP contribution >= 0.6 is 0 Å². The minimum Gasteiger partial charge on any atom is -0.379 e. The molecule has 2 rings (SSSR count). The molecule has 88 valence electrons. The second kappa shape index (κ2) is 5.43. The first-order valence-electron chi connectivity index (χ1n) is 5.84. The Morgan fingerprint density at radius 3 is 2.81 bits per heavy atom. The van der Waals surface area contributed by atoms with Crippen molar-refractivity contribution in [2.24, 2.45) is 5.73 Å². The van der Waals surface area contributed by atoms with Crippen LogP contribution in [0.5, 0.6) is 0 Å². The molecule has 0 spiro atoms. The molecule has 16 heavy (non-hydrogen) atoms. The van der Waals surface area contributed by atoms with Gasteiger partial charge in [0, 0.05) is 32.8 Å². The zero-order chi connectivity index (χ0) is 11.4. The van der Waals surface area contributed by atoms with Crippen molar-refractivity contribution in [2.75, 3.05) is 20.2 Å². The Morgan fingerprint density at radius 1 is 1.38 bits per heavy atom. The molecule has 3 heteroatoms. The van der Waals surface area contributed by atoms with Crippen molar-refractivity contribution >= 4 is 0 Å². The maximum absolute atomic E-state index is 5.99. The number of benzene rings is 1. The van der Waals surface area contributed by atoms with Crippen LogP contribution in [-0.2, 0) is 11.3 Å². The van der Waals surface area contributed by atoms with Crippen molar-refractivity contribution in [3.63, 3.8) is 0 Å². The Hall–Kier alpha value is -0.900. The predicted octanol–water partition coefficient (Wildman–Crippen LogP) is 1.23. The van der Waals surface area contributed by atoms with E-state index in [1.54, 1.807) is 7.11 Å². The Labute approximate surface area is 97.2 Å². The topological polar surface area (TPSA) is 38.5 Å². The Kier molecular flexibility index (Phi) is 3.93. The minimum absolute atomic E-state index is 0.178. The summed E-state index contributed by atoms with van der Waals surface area (Å²) in [5.41, 5.74) is 7.35. The molecule has 2 atom stereocenters. The standard InChI is InChI=1S/C13H20N2O/c1-16-13-10-15(8-7-12(13)14)9-11-5-3-2-4-6-11/h2-6,12-13H,7-10,14H2,1H3/t12-,13-/m0/s1. The summed E-state index contributed by atoms with van der Waals surface area (Å²) in [5, 5.41) is 0. The number of nitrogens with zero attached hydrogens (tertiary/aromatic N) is 1. The van der Waals surface area contributed by atoms with Crippen molar-refractivity contribution in [1.82, 2.24) is 4.90 Å². The third kappa shape index (κ3) is 2.82. The molecule has 1 fully saturated rings. The summed E-state index contributed by atoms with van der Waals surface area (Å²) in [5.74, 6) is 0. The lowest BCUT2D eigenvalue weighted by Crippen LogP contribution is -2.51. The molecule has 3 nitrogen and oxygen atoms in total.